The molecule has 0 bridgehead atoms. The number of rotatable bonds is 6. The molecule has 2 aromatic heterocycles. The Labute approximate surface area is 127 Å². The number of unbranched alkanes of at least 4 members (excludes halogenated alkanes) is 1. The summed E-state index contributed by atoms with van der Waals surface area (Å²) < 4.78 is 3.89. The molecule has 0 fully saturated rings. The summed E-state index contributed by atoms with van der Waals surface area (Å²) in [4.78, 5) is 7.73. The predicted molar refractivity (Wildman–Crippen MR) is 85.9 cm³/mol. The second kappa shape index (κ2) is 6.66. The summed E-state index contributed by atoms with van der Waals surface area (Å²) in [7, 11) is 0. The van der Waals surface area contributed by atoms with Crippen LogP contribution in [0.3, 0.4) is 0 Å². The molecule has 0 aliphatic carbocycles. The van der Waals surface area contributed by atoms with Crippen LogP contribution in [0, 0.1) is 10.7 Å². The summed E-state index contributed by atoms with van der Waals surface area (Å²) in [5.74, 6) is 0.677. The largest absolute Gasteiger partial charge is 0.329 e. The van der Waals surface area contributed by atoms with Gasteiger partial charge >= 0.3 is 0 Å². The van der Waals surface area contributed by atoms with Crippen LogP contribution in [0.1, 0.15) is 39.5 Å². The smallest absolute Gasteiger partial charge is 0.179 e. The molecule has 2 rings (SSSR count). The van der Waals surface area contributed by atoms with Gasteiger partial charge in [-0.1, -0.05) is 33.1 Å². The molecule has 1 N–H and O–H groups in total. The molecule has 104 valence electrons. The molecule has 2 aromatic rings. The predicted octanol–water partition coefficient (Wildman–Crippen LogP) is 5.07. The van der Waals surface area contributed by atoms with Crippen LogP contribution in [0.2, 0.25) is 0 Å². The van der Waals surface area contributed by atoms with Crippen LogP contribution in [-0.4, -0.2) is 14.5 Å². The number of nitrogens with zero attached hydrogens (tertiary/aromatic N) is 2. The van der Waals surface area contributed by atoms with Crippen LogP contribution >= 0.6 is 28.1 Å². The molecule has 0 saturated heterocycles. The Morgan fingerprint density at radius 1 is 1.47 bits per heavy atom. The van der Waals surface area contributed by atoms with Gasteiger partial charge in [0.25, 0.3) is 0 Å². The van der Waals surface area contributed by atoms with Crippen LogP contribution in [0.15, 0.2) is 16.7 Å². The topological polar surface area (TPSA) is 33.6 Å². The van der Waals surface area contributed by atoms with Gasteiger partial charge in [-0.25, -0.2) is 4.98 Å². The maximum atomic E-state index is 5.43. The van der Waals surface area contributed by atoms with E-state index in [9.17, 15) is 0 Å². The van der Waals surface area contributed by atoms with Crippen molar-refractivity contribution in [2.75, 3.05) is 0 Å². The van der Waals surface area contributed by atoms with Crippen LogP contribution in [0.4, 0.5) is 0 Å². The second-order valence-corrected chi connectivity index (χ2v) is 6.28. The van der Waals surface area contributed by atoms with Crippen molar-refractivity contribution < 1.29 is 0 Å². The first kappa shape index (κ1) is 14.7. The van der Waals surface area contributed by atoms with E-state index in [0.717, 1.165) is 27.0 Å². The summed E-state index contributed by atoms with van der Waals surface area (Å²) in [6.45, 7) is 5.45. The van der Waals surface area contributed by atoms with E-state index in [-0.39, 0.29) is 0 Å². The van der Waals surface area contributed by atoms with Crippen molar-refractivity contribution in [2.24, 2.45) is 5.92 Å². The molecule has 1 atom stereocenters. The van der Waals surface area contributed by atoms with Crippen molar-refractivity contribution >= 4 is 39.3 Å². The monoisotopic (exact) mass is 341 g/mol. The summed E-state index contributed by atoms with van der Waals surface area (Å²) in [6.07, 6.45) is 6.81. The Kier molecular flexibility index (Phi) is 5.16. The van der Waals surface area contributed by atoms with E-state index >= 15 is 0 Å². The zero-order valence-corrected chi connectivity index (χ0v) is 13.9. The fourth-order valence-electron chi connectivity index (χ4n) is 2.36. The highest BCUT2D eigenvalue weighted by molar-refractivity contribution is 9.10. The number of imidazole rings is 1. The lowest BCUT2D eigenvalue weighted by atomic mass is 9.99. The van der Waals surface area contributed by atoms with E-state index in [0.29, 0.717) is 5.92 Å². The minimum absolute atomic E-state index is 0.677. The quantitative estimate of drug-likeness (QED) is 0.744. The van der Waals surface area contributed by atoms with E-state index < -0.39 is 0 Å². The number of fused-ring (bicyclic) bond motifs is 1. The third kappa shape index (κ3) is 3.45. The number of H-pyrrole nitrogens is 1. The minimum atomic E-state index is 0.677. The molecule has 5 heteroatoms. The number of halogens is 1. The maximum Gasteiger partial charge on any atom is 0.179 e. The zero-order valence-electron chi connectivity index (χ0n) is 11.4. The minimum Gasteiger partial charge on any atom is -0.329 e. The lowest BCUT2D eigenvalue weighted by Gasteiger charge is -2.15. The van der Waals surface area contributed by atoms with Crippen molar-refractivity contribution in [3.05, 3.63) is 21.5 Å². The molecular weight excluding hydrogens is 322 g/mol. The number of aromatic nitrogens is 3. The molecule has 1 unspecified atom stereocenters. The Hall–Kier alpha value is -0.680. The van der Waals surface area contributed by atoms with Crippen molar-refractivity contribution in [1.82, 2.24) is 14.5 Å². The van der Waals surface area contributed by atoms with Crippen molar-refractivity contribution in [1.29, 1.82) is 0 Å². The number of hydrogen-bond donors (Lipinski definition) is 1. The molecule has 0 amide bonds. The van der Waals surface area contributed by atoms with Gasteiger partial charge in [-0.2, -0.15) is 0 Å². The lowest BCUT2D eigenvalue weighted by Crippen LogP contribution is -2.10. The molecule has 0 radical (unpaired) electrons. The van der Waals surface area contributed by atoms with Crippen molar-refractivity contribution in [2.45, 2.75) is 46.1 Å². The average molecular weight is 342 g/mol. The summed E-state index contributed by atoms with van der Waals surface area (Å²) in [5.41, 5.74) is 1.97. The molecule has 0 aliphatic rings. The molecule has 0 spiro atoms. The molecular formula is C14H20BrN3S. The van der Waals surface area contributed by atoms with Crippen LogP contribution < -0.4 is 0 Å². The lowest BCUT2D eigenvalue weighted by molar-refractivity contribution is 0.392. The van der Waals surface area contributed by atoms with E-state index in [2.05, 4.69) is 44.3 Å². The van der Waals surface area contributed by atoms with Gasteiger partial charge in [-0.3, -0.25) is 0 Å². The molecule has 19 heavy (non-hydrogen) atoms. The average Bonchev–Trinajstić information content (AvgIpc) is 2.69. The highest BCUT2D eigenvalue weighted by Crippen LogP contribution is 2.21. The Bertz CT molecular complexity index is 602. The van der Waals surface area contributed by atoms with Gasteiger partial charge in [0.05, 0.1) is 5.52 Å². The molecule has 2 heterocycles. The number of pyridine rings is 1. The number of nitrogens with one attached hydrogen (secondary N) is 1. The fraction of sp³-hybridized carbons (Fsp3) is 0.571. The van der Waals surface area contributed by atoms with Gasteiger partial charge in [-0.05, 0) is 46.6 Å². The molecule has 0 aromatic carbocycles. The van der Waals surface area contributed by atoms with Gasteiger partial charge in [0, 0.05) is 17.2 Å². The summed E-state index contributed by atoms with van der Waals surface area (Å²) in [6, 6.07) is 2.03. The molecule has 3 nitrogen and oxygen atoms in total. The zero-order chi connectivity index (χ0) is 13.8. The molecule has 0 aliphatic heterocycles. The van der Waals surface area contributed by atoms with Gasteiger partial charge in [0.2, 0.25) is 0 Å². The first-order chi connectivity index (χ1) is 9.15. The SMILES string of the molecule is CCCCC(CC)Cn1c(=S)[nH]c2cc(Br)cnc21. The van der Waals surface area contributed by atoms with E-state index in [1.807, 2.05) is 12.3 Å². The maximum absolute atomic E-state index is 5.43. The van der Waals surface area contributed by atoms with Crippen molar-refractivity contribution in [3.8, 4) is 0 Å². The van der Waals surface area contributed by atoms with Crippen LogP contribution in [-0.2, 0) is 6.54 Å². The highest BCUT2D eigenvalue weighted by Gasteiger charge is 2.12. The Morgan fingerprint density at radius 3 is 2.95 bits per heavy atom. The second-order valence-electron chi connectivity index (χ2n) is 4.98. The van der Waals surface area contributed by atoms with E-state index in [1.165, 1.54) is 25.7 Å². The first-order valence-corrected chi connectivity index (χ1v) is 8.09. The summed E-state index contributed by atoms with van der Waals surface area (Å²) >= 11 is 8.87. The number of aromatic amines is 1. The Morgan fingerprint density at radius 2 is 2.26 bits per heavy atom. The number of hydrogen-bond acceptors (Lipinski definition) is 2. The Balaban J connectivity index is 2.28. The summed E-state index contributed by atoms with van der Waals surface area (Å²) in [5, 5.41) is 0. The van der Waals surface area contributed by atoms with Crippen LogP contribution in [0.25, 0.3) is 11.2 Å². The fourth-order valence-corrected chi connectivity index (χ4v) is 2.97. The van der Waals surface area contributed by atoms with Gasteiger partial charge in [-0.15, -0.1) is 0 Å². The standard InChI is InChI=1S/C14H20BrN3S/c1-3-5-6-10(4-2)9-18-13-12(17-14(18)19)7-11(15)8-16-13/h7-8,10H,3-6,9H2,1-2H3,(H,17,19). The van der Waals surface area contributed by atoms with Crippen molar-refractivity contribution in [3.63, 3.8) is 0 Å². The third-order valence-electron chi connectivity index (χ3n) is 3.56. The normalized spacial score (nSPS) is 13.0. The molecule has 0 saturated carbocycles. The first-order valence-electron chi connectivity index (χ1n) is 6.89. The van der Waals surface area contributed by atoms with Gasteiger partial charge < -0.3 is 9.55 Å². The van der Waals surface area contributed by atoms with Crippen LogP contribution in [0.5, 0.6) is 0 Å². The van der Waals surface area contributed by atoms with E-state index in [1.54, 1.807) is 0 Å². The third-order valence-corrected chi connectivity index (χ3v) is 4.32. The van der Waals surface area contributed by atoms with E-state index in [4.69, 9.17) is 12.2 Å². The van der Waals surface area contributed by atoms with Gasteiger partial charge in [0.15, 0.2) is 10.4 Å². The van der Waals surface area contributed by atoms with Gasteiger partial charge in [0.1, 0.15) is 0 Å². The highest BCUT2D eigenvalue weighted by atomic mass is 79.9.